The van der Waals surface area contributed by atoms with Gasteiger partial charge in [0.25, 0.3) is 0 Å². The topological polar surface area (TPSA) is 47.6 Å². The van der Waals surface area contributed by atoms with Crippen molar-refractivity contribution in [2.45, 2.75) is 19.8 Å². The number of rotatable bonds is 7. The number of aliphatic imine (C=N–C) groups is 1. The van der Waals surface area contributed by atoms with Crippen molar-refractivity contribution in [1.29, 1.82) is 0 Å². The van der Waals surface area contributed by atoms with E-state index in [0.717, 1.165) is 41.9 Å². The lowest BCUT2D eigenvalue weighted by molar-refractivity contribution is 0.308. The normalized spacial score (nSPS) is 12.0. The Kier molecular flexibility index (Phi) is 7.18. The SMILES string of the molecule is CC(C=CN)=NCCCCOc1ccc(Br)cc1. The van der Waals surface area contributed by atoms with Crippen molar-refractivity contribution in [3.05, 3.63) is 41.0 Å². The van der Waals surface area contributed by atoms with Gasteiger partial charge in [-0.2, -0.15) is 0 Å². The van der Waals surface area contributed by atoms with Gasteiger partial charge in [-0.05, 0) is 56.3 Å². The molecule has 0 heterocycles. The molecule has 0 aliphatic heterocycles. The molecular weight excluding hydrogens is 292 g/mol. The van der Waals surface area contributed by atoms with Crippen LogP contribution in [-0.2, 0) is 0 Å². The van der Waals surface area contributed by atoms with Gasteiger partial charge in [0.05, 0.1) is 6.61 Å². The summed E-state index contributed by atoms with van der Waals surface area (Å²) in [6, 6.07) is 7.86. The van der Waals surface area contributed by atoms with Gasteiger partial charge in [-0.1, -0.05) is 15.9 Å². The Morgan fingerprint density at radius 3 is 2.72 bits per heavy atom. The molecule has 1 aromatic rings. The van der Waals surface area contributed by atoms with Gasteiger partial charge in [0.15, 0.2) is 0 Å². The minimum absolute atomic E-state index is 0.725. The lowest BCUT2D eigenvalue weighted by Crippen LogP contribution is -1.99. The first-order valence-corrected chi connectivity index (χ1v) is 6.79. The predicted octanol–water partition coefficient (Wildman–Crippen LogP) is 3.54. The molecule has 0 radical (unpaired) electrons. The molecule has 0 bridgehead atoms. The Morgan fingerprint density at radius 2 is 2.06 bits per heavy atom. The molecule has 3 nitrogen and oxygen atoms in total. The van der Waals surface area contributed by atoms with Crippen molar-refractivity contribution >= 4 is 21.6 Å². The summed E-state index contributed by atoms with van der Waals surface area (Å²) in [5, 5.41) is 0. The van der Waals surface area contributed by atoms with E-state index in [-0.39, 0.29) is 0 Å². The molecular formula is C14H19BrN2O. The lowest BCUT2D eigenvalue weighted by atomic mass is 10.3. The van der Waals surface area contributed by atoms with Crippen LogP contribution in [0.3, 0.4) is 0 Å². The second-order valence-corrected chi connectivity index (χ2v) is 4.81. The molecule has 0 aliphatic rings. The summed E-state index contributed by atoms with van der Waals surface area (Å²) in [7, 11) is 0. The van der Waals surface area contributed by atoms with E-state index >= 15 is 0 Å². The fourth-order valence-corrected chi connectivity index (χ4v) is 1.65. The van der Waals surface area contributed by atoms with Gasteiger partial charge >= 0.3 is 0 Å². The zero-order valence-corrected chi connectivity index (χ0v) is 12.2. The van der Waals surface area contributed by atoms with Crippen molar-refractivity contribution in [2.75, 3.05) is 13.2 Å². The van der Waals surface area contributed by atoms with Crippen LogP contribution in [0.15, 0.2) is 46.0 Å². The monoisotopic (exact) mass is 310 g/mol. The van der Waals surface area contributed by atoms with Crippen LogP contribution in [0.1, 0.15) is 19.8 Å². The van der Waals surface area contributed by atoms with Gasteiger partial charge in [-0.25, -0.2) is 0 Å². The molecule has 2 N–H and O–H groups in total. The maximum absolute atomic E-state index is 5.61. The second-order valence-electron chi connectivity index (χ2n) is 3.89. The van der Waals surface area contributed by atoms with Crippen LogP contribution >= 0.6 is 15.9 Å². The van der Waals surface area contributed by atoms with E-state index in [1.165, 1.54) is 6.20 Å². The van der Waals surface area contributed by atoms with Gasteiger partial charge in [0, 0.05) is 16.7 Å². The van der Waals surface area contributed by atoms with E-state index in [1.807, 2.05) is 31.2 Å². The molecule has 0 saturated heterocycles. The number of nitrogens with two attached hydrogens (primary N) is 1. The predicted molar refractivity (Wildman–Crippen MR) is 80.2 cm³/mol. The Labute approximate surface area is 117 Å². The maximum Gasteiger partial charge on any atom is 0.119 e. The summed E-state index contributed by atoms with van der Waals surface area (Å²) in [6.07, 6.45) is 5.33. The van der Waals surface area contributed by atoms with Crippen molar-refractivity contribution in [3.8, 4) is 5.75 Å². The van der Waals surface area contributed by atoms with E-state index in [4.69, 9.17) is 10.5 Å². The first kappa shape index (κ1) is 14.8. The largest absolute Gasteiger partial charge is 0.494 e. The highest BCUT2D eigenvalue weighted by Gasteiger charge is 1.93. The highest BCUT2D eigenvalue weighted by atomic mass is 79.9. The average molecular weight is 311 g/mol. The maximum atomic E-state index is 5.61. The number of halogens is 1. The summed E-state index contributed by atoms with van der Waals surface area (Å²) in [5.74, 6) is 0.906. The Bertz CT molecular complexity index is 399. The zero-order chi connectivity index (χ0) is 13.2. The summed E-state index contributed by atoms with van der Waals surface area (Å²) in [5.41, 5.74) is 6.24. The number of unbranched alkanes of at least 4 members (excludes halogenated alkanes) is 1. The number of hydrogen-bond acceptors (Lipinski definition) is 3. The minimum atomic E-state index is 0.725. The average Bonchev–Trinajstić information content (AvgIpc) is 2.36. The van der Waals surface area contributed by atoms with Crippen LogP contribution in [0, 0.1) is 0 Å². The van der Waals surface area contributed by atoms with Crippen molar-refractivity contribution in [2.24, 2.45) is 10.7 Å². The van der Waals surface area contributed by atoms with Crippen LogP contribution in [-0.4, -0.2) is 18.9 Å². The molecule has 0 aromatic heterocycles. The third-order valence-electron chi connectivity index (χ3n) is 2.33. The van der Waals surface area contributed by atoms with Gasteiger partial charge in [0.1, 0.15) is 5.75 Å². The molecule has 98 valence electrons. The number of allylic oxidation sites excluding steroid dienone is 1. The highest BCUT2D eigenvalue weighted by Crippen LogP contribution is 2.16. The smallest absolute Gasteiger partial charge is 0.119 e. The lowest BCUT2D eigenvalue weighted by Gasteiger charge is -2.05. The molecule has 0 saturated carbocycles. The Balaban J connectivity index is 2.12. The summed E-state index contributed by atoms with van der Waals surface area (Å²) in [6.45, 7) is 3.49. The molecule has 0 amide bonds. The van der Waals surface area contributed by atoms with Gasteiger partial charge in [0.2, 0.25) is 0 Å². The van der Waals surface area contributed by atoms with Crippen LogP contribution in [0.4, 0.5) is 0 Å². The van der Waals surface area contributed by atoms with E-state index in [0.29, 0.717) is 0 Å². The molecule has 1 aromatic carbocycles. The Hall–Kier alpha value is -1.29. The molecule has 18 heavy (non-hydrogen) atoms. The van der Waals surface area contributed by atoms with E-state index in [2.05, 4.69) is 20.9 Å². The number of nitrogens with zero attached hydrogens (tertiary/aromatic N) is 1. The van der Waals surface area contributed by atoms with Gasteiger partial charge in [-0.3, -0.25) is 4.99 Å². The summed E-state index contributed by atoms with van der Waals surface area (Å²) < 4.78 is 6.67. The van der Waals surface area contributed by atoms with E-state index in [1.54, 1.807) is 6.08 Å². The van der Waals surface area contributed by atoms with Crippen molar-refractivity contribution in [1.82, 2.24) is 0 Å². The first-order valence-electron chi connectivity index (χ1n) is 6.00. The molecule has 0 spiro atoms. The van der Waals surface area contributed by atoms with Gasteiger partial charge < -0.3 is 10.5 Å². The molecule has 4 heteroatoms. The molecule has 0 aliphatic carbocycles. The number of hydrogen-bond donors (Lipinski definition) is 1. The number of ether oxygens (including phenoxy) is 1. The fourth-order valence-electron chi connectivity index (χ4n) is 1.38. The minimum Gasteiger partial charge on any atom is -0.494 e. The van der Waals surface area contributed by atoms with Gasteiger partial charge in [-0.15, -0.1) is 0 Å². The van der Waals surface area contributed by atoms with Crippen LogP contribution in [0.5, 0.6) is 5.75 Å². The van der Waals surface area contributed by atoms with Crippen LogP contribution in [0.25, 0.3) is 0 Å². The van der Waals surface area contributed by atoms with E-state index < -0.39 is 0 Å². The summed E-state index contributed by atoms with van der Waals surface area (Å²) in [4.78, 5) is 4.36. The molecule has 0 fully saturated rings. The zero-order valence-electron chi connectivity index (χ0n) is 10.6. The van der Waals surface area contributed by atoms with Crippen LogP contribution in [0.2, 0.25) is 0 Å². The number of benzene rings is 1. The third kappa shape index (κ3) is 6.45. The standard InChI is InChI=1S/C14H19BrN2O/c1-12(8-9-16)17-10-2-3-11-18-14-6-4-13(15)5-7-14/h4-9H,2-3,10-11,16H2,1H3. The van der Waals surface area contributed by atoms with E-state index in [9.17, 15) is 0 Å². The third-order valence-corrected chi connectivity index (χ3v) is 2.86. The molecule has 0 atom stereocenters. The quantitative estimate of drug-likeness (QED) is 0.618. The summed E-state index contributed by atoms with van der Waals surface area (Å²) >= 11 is 3.39. The Morgan fingerprint density at radius 1 is 1.33 bits per heavy atom. The second kappa shape index (κ2) is 8.75. The first-order chi connectivity index (χ1) is 8.72. The van der Waals surface area contributed by atoms with Crippen LogP contribution < -0.4 is 10.5 Å². The highest BCUT2D eigenvalue weighted by molar-refractivity contribution is 9.10. The molecule has 1 rings (SSSR count). The van der Waals surface area contributed by atoms with Crippen molar-refractivity contribution < 1.29 is 4.74 Å². The fraction of sp³-hybridized carbons (Fsp3) is 0.357. The molecule has 0 unspecified atom stereocenters. The van der Waals surface area contributed by atoms with Crippen molar-refractivity contribution in [3.63, 3.8) is 0 Å².